The molecule has 2 bridgehead atoms. The van der Waals surface area contributed by atoms with E-state index < -0.39 is 6.10 Å². The maximum Gasteiger partial charge on any atom is 0.411 e. The summed E-state index contributed by atoms with van der Waals surface area (Å²) in [5.41, 5.74) is 5.06. The Balaban J connectivity index is 0.750. The van der Waals surface area contributed by atoms with Crippen LogP contribution in [-0.2, 0) is 11.3 Å². The van der Waals surface area contributed by atoms with Crippen LogP contribution in [0.15, 0.2) is 114 Å². The zero-order valence-corrected chi connectivity index (χ0v) is 32.5. The Morgan fingerprint density at radius 2 is 1.52 bits per heavy atom. The highest BCUT2D eigenvalue weighted by Crippen LogP contribution is 2.37. The molecule has 4 atom stereocenters. The van der Waals surface area contributed by atoms with Gasteiger partial charge in [0.15, 0.2) is 0 Å². The summed E-state index contributed by atoms with van der Waals surface area (Å²) in [6.45, 7) is 6.37. The number of amides is 1. The highest BCUT2D eigenvalue weighted by atomic mass is 16.6. The number of pyridine rings is 1. The van der Waals surface area contributed by atoms with E-state index in [1.807, 2.05) is 84.9 Å². The number of nitrogens with one attached hydrogen (secondary N) is 3. The molecule has 1 amide bonds. The number of aliphatic hydroxyl groups excluding tert-OH is 1. The average molecular weight is 758 g/mol. The van der Waals surface area contributed by atoms with E-state index in [1.54, 1.807) is 6.07 Å². The summed E-state index contributed by atoms with van der Waals surface area (Å²) in [4.78, 5) is 28.1. The molecule has 2 aliphatic rings. The largest absolute Gasteiger partial charge is 0.487 e. The number of piperidine rings is 1. The van der Waals surface area contributed by atoms with Crippen molar-refractivity contribution in [1.29, 1.82) is 0 Å². The van der Waals surface area contributed by atoms with Crippen LogP contribution in [0.2, 0.25) is 0 Å². The standard InChI is InChI=1S/C47H56N4O5/c52-42(39-22-24-44(46-40(39)23-25-45(53)50-46)55-34-35-16-8-6-9-17-35)32-48-28-14-4-2-1-3-5-15-29-51-30-26-37(33-51)43(27-31-51)56-47(54)49-41-21-13-12-20-38(41)36-18-10-7-11-19-36/h6-13,16-25,37,42-43,48,52H,1-5,14-15,26-34H2,(H-,49,50,53,54)/p+1/t37?,42?,43?,51-/m1/s1. The van der Waals surface area contributed by atoms with Crippen molar-refractivity contribution in [3.8, 4) is 16.9 Å². The van der Waals surface area contributed by atoms with Gasteiger partial charge in [-0.3, -0.25) is 10.1 Å². The number of anilines is 1. The first-order valence-electron chi connectivity index (χ1n) is 20.6. The topological polar surface area (TPSA) is 113 Å². The summed E-state index contributed by atoms with van der Waals surface area (Å²) >= 11 is 0. The molecule has 0 spiro atoms. The Bertz CT molecular complexity index is 2070. The smallest absolute Gasteiger partial charge is 0.411 e. The maximum atomic E-state index is 13.0. The first-order chi connectivity index (χ1) is 27.5. The van der Waals surface area contributed by atoms with Crippen LogP contribution in [-0.4, -0.2) is 66.0 Å². The summed E-state index contributed by atoms with van der Waals surface area (Å²) in [5, 5.41) is 18.3. The van der Waals surface area contributed by atoms with Crippen LogP contribution in [0.5, 0.6) is 5.75 Å². The van der Waals surface area contributed by atoms with Crippen molar-refractivity contribution in [1.82, 2.24) is 10.3 Å². The molecule has 9 nitrogen and oxygen atoms in total. The van der Waals surface area contributed by atoms with E-state index in [1.165, 1.54) is 62.2 Å². The van der Waals surface area contributed by atoms with Gasteiger partial charge in [-0.05, 0) is 60.7 Å². The third-order valence-corrected chi connectivity index (χ3v) is 11.8. The third-order valence-electron chi connectivity index (χ3n) is 11.8. The molecule has 3 unspecified atom stereocenters. The number of fused-ring (bicyclic) bond motifs is 3. The second-order valence-electron chi connectivity index (χ2n) is 15.7. The van der Waals surface area contributed by atoms with Crippen LogP contribution >= 0.6 is 0 Å². The van der Waals surface area contributed by atoms with Crippen LogP contribution in [0.25, 0.3) is 22.0 Å². The minimum Gasteiger partial charge on any atom is -0.487 e. The molecular formula is C47H57N4O5+. The summed E-state index contributed by atoms with van der Waals surface area (Å²) in [5.74, 6) is 1.04. The van der Waals surface area contributed by atoms with Gasteiger partial charge in [-0.1, -0.05) is 111 Å². The number of aliphatic hydroxyl groups is 1. The van der Waals surface area contributed by atoms with Crippen LogP contribution in [0.4, 0.5) is 10.5 Å². The van der Waals surface area contributed by atoms with Crippen molar-refractivity contribution in [2.45, 2.75) is 76.6 Å². The fourth-order valence-corrected chi connectivity index (χ4v) is 8.80. The quantitative estimate of drug-likeness (QED) is 0.0495. The number of hydrogen-bond donors (Lipinski definition) is 4. The predicted molar refractivity (Wildman–Crippen MR) is 224 cm³/mol. The molecule has 56 heavy (non-hydrogen) atoms. The van der Waals surface area contributed by atoms with Gasteiger partial charge in [0, 0.05) is 36.4 Å². The van der Waals surface area contributed by atoms with Gasteiger partial charge in [0.2, 0.25) is 5.56 Å². The second kappa shape index (κ2) is 19.3. The number of nitrogens with zero attached hydrogens (tertiary/aromatic N) is 1. The SMILES string of the molecule is O=C(Nc1ccccc1-c1ccccc1)OC1CC[N@@+]2(CCCCCCCCCNCC(O)c3ccc(OCc4ccccc4)c4[nH]c(=O)ccc34)CCC1C2. The van der Waals surface area contributed by atoms with Gasteiger partial charge >= 0.3 is 6.09 Å². The molecule has 0 aliphatic carbocycles. The van der Waals surface area contributed by atoms with Gasteiger partial charge in [0.1, 0.15) is 18.5 Å². The second-order valence-corrected chi connectivity index (χ2v) is 15.7. The molecule has 1 aromatic heterocycles. The van der Waals surface area contributed by atoms with Crippen molar-refractivity contribution in [2.75, 3.05) is 44.6 Å². The highest BCUT2D eigenvalue weighted by Gasteiger charge is 2.47. The molecule has 294 valence electrons. The van der Waals surface area contributed by atoms with E-state index in [9.17, 15) is 14.7 Å². The molecule has 4 N–H and O–H groups in total. The molecule has 7 rings (SSSR count). The van der Waals surface area contributed by atoms with Gasteiger partial charge in [0.05, 0.1) is 49.4 Å². The van der Waals surface area contributed by atoms with Crippen molar-refractivity contribution in [2.24, 2.45) is 5.92 Å². The Morgan fingerprint density at radius 3 is 2.34 bits per heavy atom. The minimum absolute atomic E-state index is 0.00546. The summed E-state index contributed by atoms with van der Waals surface area (Å²) in [6.07, 6.45) is 9.57. The monoisotopic (exact) mass is 757 g/mol. The minimum atomic E-state index is -0.699. The van der Waals surface area contributed by atoms with E-state index in [0.29, 0.717) is 30.3 Å². The van der Waals surface area contributed by atoms with Crippen LogP contribution in [0.3, 0.4) is 0 Å². The van der Waals surface area contributed by atoms with Crippen LogP contribution in [0.1, 0.15) is 75.0 Å². The van der Waals surface area contributed by atoms with Crippen molar-refractivity contribution in [3.63, 3.8) is 0 Å². The van der Waals surface area contributed by atoms with E-state index in [4.69, 9.17) is 9.47 Å². The lowest BCUT2D eigenvalue weighted by Crippen LogP contribution is -2.52. The van der Waals surface area contributed by atoms with Gasteiger partial charge < -0.3 is 29.4 Å². The lowest BCUT2D eigenvalue weighted by atomic mass is 9.95. The van der Waals surface area contributed by atoms with E-state index in [2.05, 4.69) is 27.8 Å². The van der Waals surface area contributed by atoms with Crippen molar-refractivity contribution >= 4 is 22.7 Å². The van der Waals surface area contributed by atoms with Crippen molar-refractivity contribution < 1.29 is 23.9 Å². The molecule has 3 heterocycles. The third kappa shape index (κ3) is 10.3. The lowest BCUT2D eigenvalue weighted by Gasteiger charge is -2.40. The molecule has 9 heteroatoms. The number of para-hydroxylation sites is 1. The number of H-pyrrole nitrogens is 1. The van der Waals surface area contributed by atoms with Crippen LogP contribution in [0, 0.1) is 5.92 Å². The molecule has 2 saturated heterocycles. The lowest BCUT2D eigenvalue weighted by molar-refractivity contribution is -0.922. The molecule has 2 aliphatic heterocycles. The molecule has 0 radical (unpaired) electrons. The molecule has 4 aromatic carbocycles. The van der Waals surface area contributed by atoms with Gasteiger partial charge in [-0.15, -0.1) is 0 Å². The van der Waals surface area contributed by atoms with Gasteiger partial charge in [-0.2, -0.15) is 0 Å². The Morgan fingerprint density at radius 1 is 0.804 bits per heavy atom. The number of carbonyl (C=O) groups excluding carboxylic acids is 1. The summed E-state index contributed by atoms with van der Waals surface area (Å²) < 4.78 is 13.3. The van der Waals surface area contributed by atoms with Crippen LogP contribution < -0.4 is 20.9 Å². The Labute approximate surface area is 330 Å². The normalized spacial score (nSPS) is 19.4. The summed E-state index contributed by atoms with van der Waals surface area (Å²) in [6, 6.07) is 34.9. The maximum absolute atomic E-state index is 13.0. The molecular weight excluding hydrogens is 701 g/mol. The average Bonchev–Trinajstić information content (AvgIpc) is 3.58. The summed E-state index contributed by atoms with van der Waals surface area (Å²) in [7, 11) is 0. The van der Waals surface area contributed by atoms with Crippen molar-refractivity contribution in [3.05, 3.63) is 131 Å². The number of carbonyl (C=O) groups is 1. The first kappa shape index (κ1) is 39.3. The number of ether oxygens (including phenoxy) is 2. The van der Waals surface area contributed by atoms with E-state index >= 15 is 0 Å². The molecule has 0 saturated carbocycles. The van der Waals surface area contributed by atoms with E-state index in [0.717, 1.165) is 72.2 Å². The fourth-order valence-electron chi connectivity index (χ4n) is 8.80. The zero-order chi connectivity index (χ0) is 38.6. The number of unbranched alkanes of at least 4 members (excludes halogenated alkanes) is 6. The number of quaternary nitrogens is 1. The Kier molecular flexibility index (Phi) is 13.5. The predicted octanol–water partition coefficient (Wildman–Crippen LogP) is 8.99. The zero-order valence-electron chi connectivity index (χ0n) is 32.5. The number of aromatic amines is 1. The number of benzene rings is 4. The van der Waals surface area contributed by atoms with E-state index in [-0.39, 0.29) is 17.8 Å². The van der Waals surface area contributed by atoms with Gasteiger partial charge in [-0.25, -0.2) is 4.79 Å². The Hall–Kier alpha value is -4.96. The number of rotatable bonds is 19. The number of aromatic nitrogens is 1. The highest BCUT2D eigenvalue weighted by molar-refractivity contribution is 5.91. The first-order valence-corrected chi connectivity index (χ1v) is 20.6. The molecule has 5 aromatic rings. The number of hydrogen-bond acceptors (Lipinski definition) is 6. The fraction of sp³-hybridized carbons (Fsp3) is 0.404. The molecule has 2 fully saturated rings. The van der Waals surface area contributed by atoms with Gasteiger partial charge in [0.25, 0.3) is 0 Å².